The Bertz CT molecular complexity index is 648. The van der Waals surface area contributed by atoms with Gasteiger partial charge in [0.25, 0.3) is 5.91 Å². The number of thioether (sulfide) groups is 1. The van der Waals surface area contributed by atoms with Gasteiger partial charge >= 0.3 is 0 Å². The number of carbonyl (C=O) groups excluding carboxylic acids is 1. The lowest BCUT2D eigenvalue weighted by Gasteiger charge is -2.10. The number of furan rings is 1. The quantitative estimate of drug-likeness (QED) is 0.745. The van der Waals surface area contributed by atoms with E-state index in [1.165, 1.54) is 12.8 Å². The molecule has 1 atom stereocenters. The minimum Gasteiger partial charge on any atom is -0.456 e. The zero-order valence-electron chi connectivity index (χ0n) is 14.3. The highest BCUT2D eigenvalue weighted by molar-refractivity contribution is 7.98. The lowest BCUT2D eigenvalue weighted by atomic mass is 10.2. The summed E-state index contributed by atoms with van der Waals surface area (Å²) in [5.41, 5.74) is 2.07. The van der Waals surface area contributed by atoms with Crippen LogP contribution in [0.5, 0.6) is 0 Å². The summed E-state index contributed by atoms with van der Waals surface area (Å²) < 4.78 is 7.35. The maximum atomic E-state index is 12.3. The van der Waals surface area contributed by atoms with Crippen molar-refractivity contribution in [2.45, 2.75) is 45.4 Å². The number of aryl methyl sites for hydroxylation is 2. The van der Waals surface area contributed by atoms with E-state index in [-0.39, 0.29) is 11.9 Å². The molecule has 0 aliphatic heterocycles. The average Bonchev–Trinajstić information content (AvgIpc) is 3.10. The fraction of sp³-hybridized carbons (Fsp3) is 0.529. The average molecular weight is 335 g/mol. The molecule has 126 valence electrons. The maximum absolute atomic E-state index is 12.3. The summed E-state index contributed by atoms with van der Waals surface area (Å²) in [6, 6.07) is 1.75. The number of hydrogen-bond acceptors (Lipinski definition) is 4. The molecular weight excluding hydrogens is 310 g/mol. The van der Waals surface area contributed by atoms with Crippen molar-refractivity contribution >= 4 is 17.7 Å². The number of aromatic nitrogens is 2. The zero-order valence-corrected chi connectivity index (χ0v) is 15.1. The third kappa shape index (κ3) is 4.89. The van der Waals surface area contributed by atoms with E-state index in [4.69, 9.17) is 4.42 Å². The van der Waals surface area contributed by atoms with Crippen LogP contribution in [-0.2, 0) is 12.8 Å². The fourth-order valence-electron chi connectivity index (χ4n) is 2.22. The summed E-state index contributed by atoms with van der Waals surface area (Å²) >= 11 is 1.88. The largest absolute Gasteiger partial charge is 0.456 e. The first-order chi connectivity index (χ1) is 11.0. The summed E-state index contributed by atoms with van der Waals surface area (Å²) in [5, 5.41) is 7.07. The van der Waals surface area contributed by atoms with E-state index in [1.807, 2.05) is 44.9 Å². The number of nitrogens with zero attached hydrogens (tertiary/aromatic N) is 2. The molecule has 2 heterocycles. The van der Waals surface area contributed by atoms with Crippen LogP contribution in [0.3, 0.4) is 0 Å². The first-order valence-corrected chi connectivity index (χ1v) is 9.13. The molecule has 5 nitrogen and oxygen atoms in total. The number of hydrogen-bond donors (Lipinski definition) is 1. The second-order valence-corrected chi connectivity index (χ2v) is 6.85. The van der Waals surface area contributed by atoms with E-state index in [9.17, 15) is 4.79 Å². The highest BCUT2D eigenvalue weighted by Gasteiger charge is 2.17. The molecule has 2 aromatic heterocycles. The molecule has 2 aromatic rings. The Morgan fingerprint density at radius 1 is 1.52 bits per heavy atom. The van der Waals surface area contributed by atoms with Crippen molar-refractivity contribution in [3.63, 3.8) is 0 Å². The first kappa shape index (κ1) is 17.7. The third-order valence-electron chi connectivity index (χ3n) is 3.72. The van der Waals surface area contributed by atoms with Crippen LogP contribution in [0.1, 0.15) is 60.2 Å². The van der Waals surface area contributed by atoms with E-state index in [1.54, 1.807) is 10.9 Å². The van der Waals surface area contributed by atoms with Crippen molar-refractivity contribution < 1.29 is 9.21 Å². The number of rotatable bonds is 8. The predicted molar refractivity (Wildman–Crippen MR) is 93.6 cm³/mol. The van der Waals surface area contributed by atoms with Crippen molar-refractivity contribution in [3.8, 4) is 0 Å². The molecule has 0 aliphatic rings. The SMILES string of the molecule is CCCCSCc1cc(C(=O)N[C@H](C)c2cnn(C)c2)oc1C. The third-order valence-corrected chi connectivity index (χ3v) is 4.81. The number of nitrogens with one attached hydrogen (secondary N) is 1. The molecule has 6 heteroatoms. The van der Waals surface area contributed by atoms with Gasteiger partial charge in [0.15, 0.2) is 5.76 Å². The van der Waals surface area contributed by atoms with Gasteiger partial charge < -0.3 is 9.73 Å². The number of carbonyl (C=O) groups is 1. The van der Waals surface area contributed by atoms with Gasteiger partial charge in [0.05, 0.1) is 12.2 Å². The van der Waals surface area contributed by atoms with Gasteiger partial charge in [-0.25, -0.2) is 0 Å². The Hall–Kier alpha value is -1.69. The monoisotopic (exact) mass is 335 g/mol. The van der Waals surface area contributed by atoms with Crippen LogP contribution >= 0.6 is 11.8 Å². The lowest BCUT2D eigenvalue weighted by molar-refractivity contribution is 0.0910. The molecule has 2 rings (SSSR count). The number of unbranched alkanes of at least 4 members (excludes halogenated alkanes) is 1. The molecule has 1 N–H and O–H groups in total. The van der Waals surface area contributed by atoms with E-state index < -0.39 is 0 Å². The van der Waals surface area contributed by atoms with Crippen LogP contribution in [-0.4, -0.2) is 21.4 Å². The Morgan fingerprint density at radius 2 is 2.30 bits per heavy atom. The molecule has 1 amide bonds. The molecule has 23 heavy (non-hydrogen) atoms. The van der Waals surface area contributed by atoms with Gasteiger partial charge in [0, 0.05) is 30.1 Å². The van der Waals surface area contributed by atoms with Crippen LogP contribution in [0.25, 0.3) is 0 Å². The first-order valence-electron chi connectivity index (χ1n) is 7.97. The topological polar surface area (TPSA) is 60.1 Å². The zero-order chi connectivity index (χ0) is 16.8. The smallest absolute Gasteiger partial charge is 0.287 e. The number of amides is 1. The molecule has 0 aliphatic carbocycles. The van der Waals surface area contributed by atoms with Crippen LogP contribution in [0.2, 0.25) is 0 Å². The Kier molecular flexibility index (Phi) is 6.33. The van der Waals surface area contributed by atoms with Crippen molar-refractivity contribution in [2.75, 3.05) is 5.75 Å². The van der Waals surface area contributed by atoms with Gasteiger partial charge in [-0.05, 0) is 32.1 Å². The summed E-state index contributed by atoms with van der Waals surface area (Å²) in [4.78, 5) is 12.3. The fourth-order valence-corrected chi connectivity index (χ4v) is 3.36. The van der Waals surface area contributed by atoms with Gasteiger partial charge in [-0.3, -0.25) is 9.48 Å². The molecule has 0 bridgehead atoms. The standard InChI is InChI=1S/C17H25N3O2S/c1-5-6-7-23-11-14-8-16(22-13(14)3)17(21)19-12(2)15-9-18-20(4)10-15/h8-10,12H,5-7,11H2,1-4H3,(H,19,21)/t12-/m1/s1. The Morgan fingerprint density at radius 3 is 2.96 bits per heavy atom. The van der Waals surface area contributed by atoms with Gasteiger partial charge in [0.2, 0.25) is 0 Å². The molecule has 0 unspecified atom stereocenters. The predicted octanol–water partition coefficient (Wildman–Crippen LogP) is 3.85. The van der Waals surface area contributed by atoms with Crippen LogP contribution in [0.15, 0.2) is 22.9 Å². The minimum atomic E-state index is -0.186. The van der Waals surface area contributed by atoms with Crippen LogP contribution in [0.4, 0.5) is 0 Å². The van der Waals surface area contributed by atoms with E-state index >= 15 is 0 Å². The molecule has 0 saturated heterocycles. The van der Waals surface area contributed by atoms with Crippen LogP contribution in [0, 0.1) is 6.92 Å². The maximum Gasteiger partial charge on any atom is 0.287 e. The molecule has 0 saturated carbocycles. The normalized spacial score (nSPS) is 12.3. The summed E-state index contributed by atoms with van der Waals surface area (Å²) in [6.07, 6.45) is 6.08. The van der Waals surface area contributed by atoms with Gasteiger partial charge in [-0.15, -0.1) is 0 Å². The van der Waals surface area contributed by atoms with Gasteiger partial charge in [-0.1, -0.05) is 13.3 Å². The van der Waals surface area contributed by atoms with Gasteiger partial charge in [-0.2, -0.15) is 16.9 Å². The minimum absolute atomic E-state index is 0.107. The van der Waals surface area contributed by atoms with Crippen LogP contribution < -0.4 is 5.32 Å². The summed E-state index contributed by atoms with van der Waals surface area (Å²) in [7, 11) is 1.86. The highest BCUT2D eigenvalue weighted by Crippen LogP contribution is 2.22. The van der Waals surface area contributed by atoms with E-state index in [0.717, 1.165) is 28.4 Å². The molecular formula is C17H25N3O2S. The van der Waals surface area contributed by atoms with Crippen molar-refractivity contribution in [3.05, 3.63) is 41.1 Å². The summed E-state index contributed by atoms with van der Waals surface area (Å²) in [6.45, 7) is 6.04. The lowest BCUT2D eigenvalue weighted by Crippen LogP contribution is -2.26. The summed E-state index contributed by atoms with van der Waals surface area (Å²) in [5.74, 6) is 3.05. The Labute approximate surface area is 141 Å². The van der Waals surface area contributed by atoms with E-state index in [0.29, 0.717) is 5.76 Å². The van der Waals surface area contributed by atoms with Crippen molar-refractivity contribution in [1.82, 2.24) is 15.1 Å². The van der Waals surface area contributed by atoms with Crippen molar-refractivity contribution in [1.29, 1.82) is 0 Å². The second kappa shape index (κ2) is 8.24. The van der Waals surface area contributed by atoms with E-state index in [2.05, 4.69) is 17.3 Å². The molecule has 0 spiro atoms. The molecule has 0 aromatic carbocycles. The second-order valence-electron chi connectivity index (χ2n) is 5.74. The van der Waals surface area contributed by atoms with Gasteiger partial charge in [0.1, 0.15) is 5.76 Å². The molecule has 0 fully saturated rings. The van der Waals surface area contributed by atoms with Crippen molar-refractivity contribution in [2.24, 2.45) is 7.05 Å². The highest BCUT2D eigenvalue weighted by atomic mass is 32.2. The Balaban J connectivity index is 1.94. The molecule has 0 radical (unpaired) electrons.